The van der Waals surface area contributed by atoms with E-state index in [4.69, 9.17) is 10.8 Å². The van der Waals surface area contributed by atoms with Crippen LogP contribution in [-0.2, 0) is 19.6 Å². The first-order valence-corrected chi connectivity index (χ1v) is 7.79. The van der Waals surface area contributed by atoms with E-state index in [1.165, 1.54) is 18.2 Å². The van der Waals surface area contributed by atoms with Crippen LogP contribution < -0.4 is 10.5 Å². The SMILES string of the molecule is NC(=O)CCC(NS(=O)(=O)c1cccc(Br)c1)C(=O)O. The Bertz CT molecular complexity index is 617. The molecule has 110 valence electrons. The highest BCUT2D eigenvalue weighted by molar-refractivity contribution is 9.10. The van der Waals surface area contributed by atoms with E-state index >= 15 is 0 Å². The van der Waals surface area contributed by atoms with E-state index in [0.29, 0.717) is 4.47 Å². The van der Waals surface area contributed by atoms with Gasteiger partial charge in [-0.3, -0.25) is 9.59 Å². The molecule has 0 heterocycles. The summed E-state index contributed by atoms with van der Waals surface area (Å²) < 4.78 is 26.6. The molecular weight excluding hydrogens is 352 g/mol. The topological polar surface area (TPSA) is 127 Å². The number of aliphatic carboxylic acids is 1. The number of nitrogens with two attached hydrogens (primary N) is 1. The van der Waals surface area contributed by atoms with E-state index in [-0.39, 0.29) is 17.7 Å². The third-order valence-corrected chi connectivity index (χ3v) is 4.34. The summed E-state index contributed by atoms with van der Waals surface area (Å²) in [7, 11) is -3.99. The first kappa shape index (κ1) is 16.6. The minimum absolute atomic E-state index is 0.0720. The van der Waals surface area contributed by atoms with Crippen LogP contribution in [0, 0.1) is 0 Å². The molecule has 20 heavy (non-hydrogen) atoms. The molecule has 1 amide bonds. The van der Waals surface area contributed by atoms with Gasteiger partial charge in [0.05, 0.1) is 4.90 Å². The van der Waals surface area contributed by atoms with Gasteiger partial charge < -0.3 is 10.8 Å². The van der Waals surface area contributed by atoms with Crippen molar-refractivity contribution in [3.05, 3.63) is 28.7 Å². The molecule has 1 unspecified atom stereocenters. The smallest absolute Gasteiger partial charge is 0.321 e. The lowest BCUT2D eigenvalue weighted by atomic mass is 10.2. The van der Waals surface area contributed by atoms with Crippen molar-refractivity contribution in [2.45, 2.75) is 23.8 Å². The lowest BCUT2D eigenvalue weighted by Gasteiger charge is -2.14. The average Bonchev–Trinajstić information content (AvgIpc) is 2.34. The van der Waals surface area contributed by atoms with Gasteiger partial charge in [-0.05, 0) is 24.6 Å². The van der Waals surface area contributed by atoms with Gasteiger partial charge in [-0.1, -0.05) is 22.0 Å². The Kier molecular flexibility index (Phi) is 5.66. The van der Waals surface area contributed by atoms with Crippen molar-refractivity contribution in [1.82, 2.24) is 4.72 Å². The summed E-state index contributed by atoms with van der Waals surface area (Å²) >= 11 is 3.13. The minimum atomic E-state index is -3.99. The van der Waals surface area contributed by atoms with Crippen LogP contribution in [0.2, 0.25) is 0 Å². The first-order chi connectivity index (χ1) is 9.22. The van der Waals surface area contributed by atoms with E-state index in [9.17, 15) is 18.0 Å². The number of amides is 1. The number of benzene rings is 1. The predicted octanol–water partition coefficient (Wildman–Crippen LogP) is 0.446. The van der Waals surface area contributed by atoms with Gasteiger partial charge in [0.1, 0.15) is 6.04 Å². The second kappa shape index (κ2) is 6.82. The van der Waals surface area contributed by atoms with Gasteiger partial charge >= 0.3 is 5.97 Å². The number of hydrogen-bond acceptors (Lipinski definition) is 4. The monoisotopic (exact) mass is 364 g/mol. The zero-order valence-corrected chi connectivity index (χ0v) is 12.6. The van der Waals surface area contributed by atoms with Crippen LogP contribution in [-0.4, -0.2) is 31.4 Å². The third-order valence-electron chi connectivity index (χ3n) is 2.38. The Morgan fingerprint density at radius 3 is 2.55 bits per heavy atom. The lowest BCUT2D eigenvalue weighted by molar-refractivity contribution is -0.139. The van der Waals surface area contributed by atoms with Gasteiger partial charge in [-0.2, -0.15) is 4.72 Å². The number of carboxylic acids is 1. The molecule has 0 aliphatic carbocycles. The van der Waals surface area contributed by atoms with E-state index in [2.05, 4.69) is 15.9 Å². The normalized spacial score (nSPS) is 12.8. The molecule has 0 bridgehead atoms. The largest absolute Gasteiger partial charge is 0.480 e. The Labute approximate surface area is 124 Å². The van der Waals surface area contributed by atoms with Crippen molar-refractivity contribution in [1.29, 1.82) is 0 Å². The van der Waals surface area contributed by atoms with E-state index in [0.717, 1.165) is 0 Å². The van der Waals surface area contributed by atoms with E-state index in [1.807, 2.05) is 4.72 Å². The highest BCUT2D eigenvalue weighted by Crippen LogP contribution is 2.16. The zero-order chi connectivity index (χ0) is 15.3. The van der Waals surface area contributed by atoms with Gasteiger partial charge in [-0.25, -0.2) is 8.42 Å². The second-order valence-electron chi connectivity index (χ2n) is 3.97. The predicted molar refractivity (Wildman–Crippen MR) is 74.3 cm³/mol. The summed E-state index contributed by atoms with van der Waals surface area (Å²) in [6.07, 6.45) is -0.435. The zero-order valence-electron chi connectivity index (χ0n) is 10.2. The third kappa shape index (κ3) is 4.91. The van der Waals surface area contributed by atoms with Crippen molar-refractivity contribution in [3.63, 3.8) is 0 Å². The maximum Gasteiger partial charge on any atom is 0.321 e. The molecule has 7 nitrogen and oxygen atoms in total. The number of halogens is 1. The van der Waals surface area contributed by atoms with Gasteiger partial charge in [0.2, 0.25) is 15.9 Å². The highest BCUT2D eigenvalue weighted by atomic mass is 79.9. The van der Waals surface area contributed by atoms with Crippen LogP contribution in [0.25, 0.3) is 0 Å². The molecule has 4 N–H and O–H groups in total. The van der Waals surface area contributed by atoms with Crippen LogP contribution in [0.4, 0.5) is 0 Å². The number of carbonyl (C=O) groups is 2. The summed E-state index contributed by atoms with van der Waals surface area (Å²) in [5, 5.41) is 8.96. The summed E-state index contributed by atoms with van der Waals surface area (Å²) in [6, 6.07) is 4.42. The number of rotatable bonds is 7. The molecule has 0 aromatic heterocycles. The molecule has 1 aromatic rings. The van der Waals surface area contributed by atoms with Crippen LogP contribution in [0.3, 0.4) is 0 Å². The molecule has 9 heteroatoms. The lowest BCUT2D eigenvalue weighted by Crippen LogP contribution is -2.41. The molecule has 1 atom stereocenters. The molecule has 1 rings (SSSR count). The molecule has 0 radical (unpaired) electrons. The van der Waals surface area contributed by atoms with Crippen LogP contribution in [0.5, 0.6) is 0 Å². The second-order valence-corrected chi connectivity index (χ2v) is 6.60. The summed E-state index contributed by atoms with van der Waals surface area (Å²) in [5.41, 5.74) is 4.92. The summed E-state index contributed by atoms with van der Waals surface area (Å²) in [5.74, 6) is -2.07. The minimum Gasteiger partial charge on any atom is -0.480 e. The maximum absolute atomic E-state index is 12.0. The van der Waals surface area contributed by atoms with Gasteiger partial charge in [0, 0.05) is 10.9 Å². The van der Waals surface area contributed by atoms with Crippen molar-refractivity contribution in [3.8, 4) is 0 Å². The molecule has 0 aliphatic heterocycles. The fourth-order valence-electron chi connectivity index (χ4n) is 1.41. The molecule has 0 spiro atoms. The van der Waals surface area contributed by atoms with Gasteiger partial charge in [0.25, 0.3) is 0 Å². The Morgan fingerprint density at radius 2 is 2.05 bits per heavy atom. The van der Waals surface area contributed by atoms with Crippen molar-refractivity contribution in [2.75, 3.05) is 0 Å². The Balaban J connectivity index is 2.91. The Morgan fingerprint density at radius 1 is 1.40 bits per heavy atom. The number of primary amides is 1. The van der Waals surface area contributed by atoms with Crippen molar-refractivity contribution >= 4 is 37.8 Å². The number of hydrogen-bond donors (Lipinski definition) is 3. The fraction of sp³-hybridized carbons (Fsp3) is 0.273. The van der Waals surface area contributed by atoms with E-state index < -0.39 is 27.9 Å². The Hall–Kier alpha value is -1.45. The van der Waals surface area contributed by atoms with Crippen molar-refractivity contribution < 1.29 is 23.1 Å². The number of carboxylic acid groups (broad SMARTS) is 1. The van der Waals surface area contributed by atoms with Gasteiger partial charge in [-0.15, -0.1) is 0 Å². The standard InChI is InChI=1S/C11H13BrN2O5S/c12-7-2-1-3-8(6-7)20(18,19)14-9(11(16)17)4-5-10(13)15/h1-3,6,9,14H,4-5H2,(H2,13,15)(H,16,17). The summed E-state index contributed by atoms with van der Waals surface area (Å²) in [4.78, 5) is 21.6. The van der Waals surface area contributed by atoms with Crippen molar-refractivity contribution in [2.24, 2.45) is 5.73 Å². The highest BCUT2D eigenvalue weighted by Gasteiger charge is 2.25. The van der Waals surface area contributed by atoms with Crippen LogP contribution >= 0.6 is 15.9 Å². The summed E-state index contributed by atoms with van der Waals surface area (Å²) in [6.45, 7) is 0. The number of nitrogens with one attached hydrogen (secondary N) is 1. The molecule has 0 saturated carbocycles. The van der Waals surface area contributed by atoms with Gasteiger partial charge in [0.15, 0.2) is 0 Å². The fourth-order valence-corrected chi connectivity index (χ4v) is 3.23. The molecule has 0 fully saturated rings. The van der Waals surface area contributed by atoms with E-state index in [1.54, 1.807) is 6.07 Å². The molecule has 0 saturated heterocycles. The average molecular weight is 365 g/mol. The number of sulfonamides is 1. The molecule has 1 aromatic carbocycles. The number of carbonyl (C=O) groups excluding carboxylic acids is 1. The quantitative estimate of drug-likeness (QED) is 0.647. The molecular formula is C11H13BrN2O5S. The molecule has 0 aliphatic rings. The van der Waals surface area contributed by atoms with Crippen LogP contribution in [0.1, 0.15) is 12.8 Å². The first-order valence-electron chi connectivity index (χ1n) is 5.51. The van der Waals surface area contributed by atoms with Crippen LogP contribution in [0.15, 0.2) is 33.6 Å². The maximum atomic E-state index is 12.0.